The van der Waals surface area contributed by atoms with Crippen LogP contribution in [0.1, 0.15) is 31.0 Å². The van der Waals surface area contributed by atoms with Crippen molar-refractivity contribution in [1.29, 1.82) is 0 Å². The van der Waals surface area contributed by atoms with Gasteiger partial charge in [-0.3, -0.25) is 9.36 Å². The Balaban J connectivity index is 1.91. The highest BCUT2D eigenvalue weighted by Crippen LogP contribution is 2.32. The zero-order valence-corrected chi connectivity index (χ0v) is 21.0. The fourth-order valence-electron chi connectivity index (χ4n) is 4.01. The predicted octanol–water partition coefficient (Wildman–Crippen LogP) is 2.58. The molecule has 1 N–H and O–H groups in total. The van der Waals surface area contributed by atoms with Crippen molar-refractivity contribution in [2.45, 2.75) is 19.9 Å². The van der Waals surface area contributed by atoms with Crippen molar-refractivity contribution in [2.75, 3.05) is 32.7 Å². The number of phenols is 1. The standard InChI is InChI=1S/C26H27N3O5S/c1-6-34-25(32)22-15(2)27-26-29(23(22)17-8-10-18(11-9-17)28(3)4)24(31)21(35-26)14-16-7-12-20(33-5)19(30)13-16/h7-14,23,30H,6H2,1-5H3. The number of aromatic hydroxyl groups is 1. The van der Waals surface area contributed by atoms with Gasteiger partial charge in [0, 0.05) is 19.8 Å². The highest BCUT2D eigenvalue weighted by Gasteiger charge is 2.33. The molecule has 182 valence electrons. The number of nitrogens with zero attached hydrogens (tertiary/aromatic N) is 3. The van der Waals surface area contributed by atoms with Crippen LogP contribution in [-0.4, -0.2) is 43.5 Å². The average molecular weight is 494 g/mol. The normalized spacial score (nSPS) is 15.5. The number of methoxy groups -OCH3 is 1. The third-order valence-corrected chi connectivity index (χ3v) is 6.73. The summed E-state index contributed by atoms with van der Waals surface area (Å²) in [5.74, 6) is -0.169. The Labute approximate surface area is 206 Å². The summed E-state index contributed by atoms with van der Waals surface area (Å²) in [7, 11) is 5.37. The number of benzene rings is 2. The zero-order valence-electron chi connectivity index (χ0n) is 20.2. The van der Waals surface area contributed by atoms with Gasteiger partial charge in [0.2, 0.25) is 0 Å². The maximum absolute atomic E-state index is 13.6. The molecule has 8 nitrogen and oxygen atoms in total. The highest BCUT2D eigenvalue weighted by molar-refractivity contribution is 7.07. The maximum atomic E-state index is 13.6. The molecule has 1 atom stereocenters. The lowest BCUT2D eigenvalue weighted by atomic mass is 9.95. The molecular weight excluding hydrogens is 466 g/mol. The first kappa shape index (κ1) is 24.3. The van der Waals surface area contributed by atoms with Gasteiger partial charge in [-0.15, -0.1) is 0 Å². The molecule has 1 aliphatic rings. The lowest BCUT2D eigenvalue weighted by molar-refractivity contribution is -0.139. The lowest BCUT2D eigenvalue weighted by Crippen LogP contribution is -2.39. The van der Waals surface area contributed by atoms with Gasteiger partial charge in [0.15, 0.2) is 16.3 Å². The van der Waals surface area contributed by atoms with E-state index in [9.17, 15) is 14.7 Å². The van der Waals surface area contributed by atoms with Crippen molar-refractivity contribution in [2.24, 2.45) is 4.99 Å². The average Bonchev–Trinajstić information content (AvgIpc) is 3.12. The third-order valence-electron chi connectivity index (χ3n) is 5.74. The summed E-state index contributed by atoms with van der Waals surface area (Å²) in [4.78, 5) is 33.7. The molecular formula is C26H27N3O5S. The monoisotopic (exact) mass is 493 g/mol. The minimum Gasteiger partial charge on any atom is -0.504 e. The molecule has 0 bridgehead atoms. The zero-order chi connectivity index (χ0) is 25.3. The van der Waals surface area contributed by atoms with Gasteiger partial charge in [0.1, 0.15) is 0 Å². The Bertz CT molecular complexity index is 1480. The minimum atomic E-state index is -0.673. The second kappa shape index (κ2) is 9.79. The summed E-state index contributed by atoms with van der Waals surface area (Å²) >= 11 is 1.23. The van der Waals surface area contributed by atoms with E-state index in [1.807, 2.05) is 43.3 Å². The van der Waals surface area contributed by atoms with Crippen LogP contribution in [-0.2, 0) is 9.53 Å². The van der Waals surface area contributed by atoms with E-state index < -0.39 is 12.0 Å². The van der Waals surface area contributed by atoms with Crippen molar-refractivity contribution in [1.82, 2.24) is 4.57 Å². The van der Waals surface area contributed by atoms with E-state index in [2.05, 4.69) is 4.99 Å². The van der Waals surface area contributed by atoms with E-state index in [1.165, 1.54) is 24.5 Å². The first-order valence-electron chi connectivity index (χ1n) is 11.1. The lowest BCUT2D eigenvalue weighted by Gasteiger charge is -2.25. The van der Waals surface area contributed by atoms with Crippen LogP contribution in [0, 0.1) is 0 Å². The van der Waals surface area contributed by atoms with E-state index >= 15 is 0 Å². The fraction of sp³-hybridized carbons (Fsp3) is 0.269. The number of carbonyl (C=O) groups excluding carboxylic acids is 1. The molecule has 2 heterocycles. The van der Waals surface area contributed by atoms with Gasteiger partial charge < -0.3 is 19.5 Å². The quantitative estimate of drug-likeness (QED) is 0.531. The molecule has 0 fully saturated rings. The molecule has 0 aliphatic carbocycles. The molecule has 1 aliphatic heterocycles. The summed E-state index contributed by atoms with van der Waals surface area (Å²) in [5.41, 5.74) is 2.99. The first-order chi connectivity index (χ1) is 16.7. The Hall–Kier alpha value is -3.85. The maximum Gasteiger partial charge on any atom is 0.338 e. The van der Waals surface area contributed by atoms with Gasteiger partial charge in [-0.1, -0.05) is 29.5 Å². The van der Waals surface area contributed by atoms with Crippen molar-refractivity contribution in [3.8, 4) is 11.5 Å². The summed E-state index contributed by atoms with van der Waals surface area (Å²) in [6.45, 7) is 3.72. The molecule has 3 aromatic rings. The molecule has 2 aromatic carbocycles. The third kappa shape index (κ3) is 4.59. The summed E-state index contributed by atoms with van der Waals surface area (Å²) in [5, 5.41) is 10.1. The molecule has 0 spiro atoms. The largest absolute Gasteiger partial charge is 0.504 e. The number of rotatable bonds is 6. The number of allylic oxidation sites excluding steroid dienone is 1. The Kier molecular flexibility index (Phi) is 6.79. The van der Waals surface area contributed by atoms with Crippen molar-refractivity contribution in [3.05, 3.63) is 84.5 Å². The summed E-state index contributed by atoms with van der Waals surface area (Å²) in [6.07, 6.45) is 1.69. The molecule has 0 radical (unpaired) electrons. The molecule has 4 rings (SSSR count). The van der Waals surface area contributed by atoms with Crippen LogP contribution in [0.5, 0.6) is 11.5 Å². The van der Waals surface area contributed by atoms with Gasteiger partial charge in [-0.25, -0.2) is 9.79 Å². The van der Waals surface area contributed by atoms with E-state index in [-0.39, 0.29) is 17.9 Å². The van der Waals surface area contributed by atoms with Crippen molar-refractivity contribution < 1.29 is 19.4 Å². The van der Waals surface area contributed by atoms with Crippen LogP contribution in [0.3, 0.4) is 0 Å². The van der Waals surface area contributed by atoms with Gasteiger partial charge in [0.25, 0.3) is 5.56 Å². The number of thiazole rings is 1. The number of esters is 1. The number of aromatic nitrogens is 1. The van der Waals surface area contributed by atoms with Crippen LogP contribution in [0.15, 0.2) is 63.5 Å². The van der Waals surface area contributed by atoms with E-state index in [0.29, 0.717) is 31.9 Å². The number of anilines is 1. The SMILES string of the molecule is CCOC(=O)C1=C(C)N=c2sc(=Cc3ccc(OC)c(O)c3)c(=O)n2C1c1ccc(N(C)C)cc1. The first-order valence-corrected chi connectivity index (χ1v) is 11.9. The molecule has 35 heavy (non-hydrogen) atoms. The Morgan fingerprint density at radius 2 is 1.94 bits per heavy atom. The predicted molar refractivity (Wildman–Crippen MR) is 136 cm³/mol. The second-order valence-corrected chi connectivity index (χ2v) is 9.23. The number of ether oxygens (including phenoxy) is 2. The van der Waals surface area contributed by atoms with Crippen LogP contribution in [0.2, 0.25) is 0 Å². The van der Waals surface area contributed by atoms with Gasteiger partial charge in [-0.2, -0.15) is 0 Å². The van der Waals surface area contributed by atoms with E-state index in [1.54, 1.807) is 36.6 Å². The van der Waals surface area contributed by atoms with Gasteiger partial charge >= 0.3 is 5.97 Å². The van der Waals surface area contributed by atoms with Crippen LogP contribution in [0.4, 0.5) is 5.69 Å². The number of carbonyl (C=O) groups is 1. The molecule has 0 saturated carbocycles. The fourth-order valence-corrected chi connectivity index (χ4v) is 5.06. The molecule has 0 saturated heterocycles. The smallest absolute Gasteiger partial charge is 0.338 e. The van der Waals surface area contributed by atoms with E-state index in [4.69, 9.17) is 9.47 Å². The van der Waals surface area contributed by atoms with Crippen molar-refractivity contribution in [3.63, 3.8) is 0 Å². The van der Waals surface area contributed by atoms with Crippen LogP contribution >= 0.6 is 11.3 Å². The second-order valence-electron chi connectivity index (χ2n) is 8.22. The van der Waals surface area contributed by atoms with Crippen molar-refractivity contribution >= 4 is 29.1 Å². The number of fused-ring (bicyclic) bond motifs is 1. The van der Waals surface area contributed by atoms with Gasteiger partial charge in [0.05, 0.1) is 35.6 Å². The summed E-state index contributed by atoms with van der Waals surface area (Å²) in [6, 6.07) is 12.0. The molecule has 0 amide bonds. The number of hydrogen-bond acceptors (Lipinski definition) is 8. The van der Waals surface area contributed by atoms with Crippen LogP contribution in [0.25, 0.3) is 6.08 Å². The minimum absolute atomic E-state index is 0.0201. The van der Waals surface area contributed by atoms with Crippen LogP contribution < -0.4 is 24.5 Å². The van der Waals surface area contributed by atoms with Gasteiger partial charge in [-0.05, 0) is 55.3 Å². The molecule has 1 unspecified atom stereocenters. The summed E-state index contributed by atoms with van der Waals surface area (Å²) < 4.78 is 12.4. The molecule has 1 aromatic heterocycles. The molecule has 9 heteroatoms. The topological polar surface area (TPSA) is 93.4 Å². The van der Waals surface area contributed by atoms with E-state index in [0.717, 1.165) is 11.3 Å². The number of phenolic OH excluding ortho intramolecular Hbond substituents is 1. The Morgan fingerprint density at radius 1 is 1.23 bits per heavy atom. The Morgan fingerprint density at radius 3 is 2.54 bits per heavy atom. The number of hydrogen-bond donors (Lipinski definition) is 1. The highest BCUT2D eigenvalue weighted by atomic mass is 32.1.